The zero-order valence-corrected chi connectivity index (χ0v) is 11.6. The van der Waals surface area contributed by atoms with Crippen LogP contribution in [0.15, 0.2) is 0 Å². The molecule has 3 nitrogen and oxygen atoms in total. The minimum atomic E-state index is 0.758. The van der Waals surface area contributed by atoms with Crippen molar-refractivity contribution >= 4 is 0 Å². The van der Waals surface area contributed by atoms with Crippen molar-refractivity contribution in [1.29, 1.82) is 0 Å². The van der Waals surface area contributed by atoms with E-state index in [1.165, 1.54) is 58.3 Å². The molecule has 2 atom stereocenters. The molecule has 100 valence electrons. The molecule has 0 amide bonds. The molecular formula is C14H29N3. The van der Waals surface area contributed by atoms with Gasteiger partial charge >= 0.3 is 0 Å². The second-order valence-corrected chi connectivity index (χ2v) is 5.68. The Morgan fingerprint density at radius 3 is 2.88 bits per heavy atom. The standard InChI is InChI=1S/C14H29N3/c1-3-6-13(11-15-2)17-10-9-16-8-5-4-7-14(16)12-17/h13-15H,3-12H2,1-2H3. The Morgan fingerprint density at radius 2 is 2.12 bits per heavy atom. The van der Waals surface area contributed by atoms with Gasteiger partial charge in [-0.3, -0.25) is 9.80 Å². The smallest absolute Gasteiger partial charge is 0.0223 e. The fourth-order valence-corrected chi connectivity index (χ4v) is 3.49. The summed E-state index contributed by atoms with van der Waals surface area (Å²) in [5.74, 6) is 0. The van der Waals surface area contributed by atoms with Crippen molar-refractivity contribution in [3.8, 4) is 0 Å². The van der Waals surface area contributed by atoms with E-state index < -0.39 is 0 Å². The molecule has 0 saturated carbocycles. The van der Waals surface area contributed by atoms with Gasteiger partial charge in [0.15, 0.2) is 0 Å². The van der Waals surface area contributed by atoms with Crippen LogP contribution in [-0.2, 0) is 0 Å². The molecule has 0 radical (unpaired) electrons. The van der Waals surface area contributed by atoms with Crippen LogP contribution in [0.2, 0.25) is 0 Å². The summed E-state index contributed by atoms with van der Waals surface area (Å²) >= 11 is 0. The van der Waals surface area contributed by atoms with Gasteiger partial charge in [-0.25, -0.2) is 0 Å². The molecule has 0 aromatic rings. The van der Waals surface area contributed by atoms with Crippen molar-refractivity contribution < 1.29 is 0 Å². The van der Waals surface area contributed by atoms with Gasteiger partial charge in [-0.15, -0.1) is 0 Å². The number of likely N-dealkylation sites (N-methyl/N-ethyl adjacent to an activating group) is 1. The van der Waals surface area contributed by atoms with E-state index in [2.05, 4.69) is 29.1 Å². The highest BCUT2D eigenvalue weighted by atomic mass is 15.3. The first-order chi connectivity index (χ1) is 8.35. The minimum absolute atomic E-state index is 0.758. The Labute approximate surface area is 107 Å². The summed E-state index contributed by atoms with van der Waals surface area (Å²) in [6.07, 6.45) is 6.94. The number of piperidine rings is 1. The van der Waals surface area contributed by atoms with Gasteiger partial charge in [0.25, 0.3) is 0 Å². The third kappa shape index (κ3) is 3.43. The maximum atomic E-state index is 3.37. The van der Waals surface area contributed by atoms with Crippen LogP contribution in [0.1, 0.15) is 39.0 Å². The first kappa shape index (κ1) is 13.3. The lowest BCUT2D eigenvalue weighted by atomic mass is 9.98. The zero-order chi connectivity index (χ0) is 12.1. The molecule has 2 rings (SSSR count). The molecule has 2 unspecified atom stereocenters. The third-order valence-corrected chi connectivity index (χ3v) is 4.45. The maximum absolute atomic E-state index is 3.37. The predicted molar refractivity (Wildman–Crippen MR) is 73.4 cm³/mol. The van der Waals surface area contributed by atoms with Crippen molar-refractivity contribution in [3.63, 3.8) is 0 Å². The molecule has 17 heavy (non-hydrogen) atoms. The van der Waals surface area contributed by atoms with Gasteiger partial charge < -0.3 is 5.32 Å². The summed E-state index contributed by atoms with van der Waals surface area (Å²) in [7, 11) is 2.08. The molecule has 3 heteroatoms. The summed E-state index contributed by atoms with van der Waals surface area (Å²) < 4.78 is 0. The molecule has 2 saturated heterocycles. The van der Waals surface area contributed by atoms with Crippen LogP contribution in [0.25, 0.3) is 0 Å². The fraction of sp³-hybridized carbons (Fsp3) is 1.00. The van der Waals surface area contributed by atoms with E-state index in [0.29, 0.717) is 0 Å². The molecular weight excluding hydrogens is 210 g/mol. The van der Waals surface area contributed by atoms with Crippen molar-refractivity contribution in [3.05, 3.63) is 0 Å². The van der Waals surface area contributed by atoms with E-state index in [1.54, 1.807) is 0 Å². The predicted octanol–water partition coefficient (Wildman–Crippen LogP) is 1.54. The summed E-state index contributed by atoms with van der Waals surface area (Å²) in [5, 5.41) is 3.37. The fourth-order valence-electron chi connectivity index (χ4n) is 3.49. The second kappa shape index (κ2) is 6.72. The lowest BCUT2D eigenvalue weighted by Gasteiger charge is -2.46. The molecule has 0 bridgehead atoms. The van der Waals surface area contributed by atoms with Crippen LogP contribution in [-0.4, -0.2) is 61.7 Å². The van der Waals surface area contributed by atoms with Crippen LogP contribution in [0.3, 0.4) is 0 Å². The van der Waals surface area contributed by atoms with Gasteiger partial charge in [-0.2, -0.15) is 0 Å². The molecule has 2 heterocycles. The molecule has 0 aromatic heterocycles. The number of hydrogen-bond acceptors (Lipinski definition) is 3. The number of nitrogens with zero attached hydrogens (tertiary/aromatic N) is 2. The topological polar surface area (TPSA) is 18.5 Å². The van der Waals surface area contributed by atoms with Crippen LogP contribution in [0.5, 0.6) is 0 Å². The highest BCUT2D eigenvalue weighted by Gasteiger charge is 2.31. The van der Waals surface area contributed by atoms with Crippen molar-refractivity contribution in [2.45, 2.75) is 51.1 Å². The number of piperazine rings is 1. The Morgan fingerprint density at radius 1 is 1.24 bits per heavy atom. The number of hydrogen-bond donors (Lipinski definition) is 1. The van der Waals surface area contributed by atoms with Crippen LogP contribution in [0, 0.1) is 0 Å². The van der Waals surface area contributed by atoms with Crippen LogP contribution < -0.4 is 5.32 Å². The Kier molecular flexibility index (Phi) is 5.26. The monoisotopic (exact) mass is 239 g/mol. The summed E-state index contributed by atoms with van der Waals surface area (Å²) in [6, 6.07) is 1.61. The Hall–Kier alpha value is -0.120. The van der Waals surface area contributed by atoms with E-state index in [-0.39, 0.29) is 0 Å². The highest BCUT2D eigenvalue weighted by molar-refractivity contribution is 4.88. The largest absolute Gasteiger partial charge is 0.318 e. The van der Waals surface area contributed by atoms with Crippen molar-refractivity contribution in [1.82, 2.24) is 15.1 Å². The van der Waals surface area contributed by atoms with E-state index in [0.717, 1.165) is 18.6 Å². The average Bonchev–Trinajstić information content (AvgIpc) is 2.38. The van der Waals surface area contributed by atoms with Gasteiger partial charge in [-0.1, -0.05) is 19.8 Å². The van der Waals surface area contributed by atoms with Crippen molar-refractivity contribution in [2.24, 2.45) is 0 Å². The molecule has 2 aliphatic rings. The SMILES string of the molecule is CCCC(CNC)N1CCN2CCCCC2C1. The second-order valence-electron chi connectivity index (χ2n) is 5.68. The Balaban J connectivity index is 1.88. The molecule has 2 aliphatic heterocycles. The molecule has 0 aliphatic carbocycles. The summed E-state index contributed by atoms with van der Waals surface area (Å²) in [6.45, 7) is 8.70. The molecule has 0 aromatic carbocycles. The molecule has 0 spiro atoms. The van der Waals surface area contributed by atoms with E-state index in [9.17, 15) is 0 Å². The first-order valence-corrected chi connectivity index (χ1v) is 7.47. The number of fused-ring (bicyclic) bond motifs is 1. The molecule has 1 N–H and O–H groups in total. The van der Waals surface area contributed by atoms with Gasteiger partial charge in [0.1, 0.15) is 0 Å². The summed E-state index contributed by atoms with van der Waals surface area (Å²) in [5.41, 5.74) is 0. The summed E-state index contributed by atoms with van der Waals surface area (Å²) in [4.78, 5) is 5.47. The number of nitrogens with one attached hydrogen (secondary N) is 1. The zero-order valence-electron chi connectivity index (χ0n) is 11.6. The minimum Gasteiger partial charge on any atom is -0.318 e. The first-order valence-electron chi connectivity index (χ1n) is 7.47. The normalized spacial score (nSPS) is 28.9. The van der Waals surface area contributed by atoms with Crippen molar-refractivity contribution in [2.75, 3.05) is 39.8 Å². The van der Waals surface area contributed by atoms with Crippen LogP contribution >= 0.6 is 0 Å². The van der Waals surface area contributed by atoms with E-state index >= 15 is 0 Å². The lowest BCUT2D eigenvalue weighted by molar-refractivity contribution is 0.0256. The quantitative estimate of drug-likeness (QED) is 0.785. The van der Waals surface area contributed by atoms with Gasteiger partial charge in [0, 0.05) is 38.3 Å². The van der Waals surface area contributed by atoms with E-state index in [1.807, 2.05) is 0 Å². The van der Waals surface area contributed by atoms with Gasteiger partial charge in [-0.05, 0) is 32.9 Å². The highest BCUT2D eigenvalue weighted by Crippen LogP contribution is 2.23. The third-order valence-electron chi connectivity index (χ3n) is 4.45. The Bertz CT molecular complexity index is 214. The van der Waals surface area contributed by atoms with Gasteiger partial charge in [0.05, 0.1) is 0 Å². The number of rotatable bonds is 5. The maximum Gasteiger partial charge on any atom is 0.0223 e. The van der Waals surface area contributed by atoms with Gasteiger partial charge in [0.2, 0.25) is 0 Å². The van der Waals surface area contributed by atoms with Crippen LogP contribution in [0.4, 0.5) is 0 Å². The lowest BCUT2D eigenvalue weighted by Crippen LogP contribution is -2.58. The molecule has 2 fully saturated rings. The average molecular weight is 239 g/mol. The van der Waals surface area contributed by atoms with E-state index in [4.69, 9.17) is 0 Å².